The van der Waals surface area contributed by atoms with Crippen LogP contribution >= 0.6 is 0 Å². The SMILES string of the molecule is FC1=C(C(F)(F)F)c2c(F)c(F)c(F)c(F)c2C1(F)F. The molecule has 2 rings (SSSR count). The standard InChI is InChI=1S/C10F10/c11-4-1-2(5(12)7(14)6(4)13)9(16,17)8(15)3(1)10(18,19)20. The molecule has 1 aliphatic carbocycles. The first kappa shape index (κ1) is 14.7. The van der Waals surface area contributed by atoms with Gasteiger partial charge in [0.2, 0.25) is 0 Å². The molecule has 0 aliphatic heterocycles. The largest absolute Gasteiger partial charge is 0.419 e. The van der Waals surface area contributed by atoms with Crippen LogP contribution in [0, 0.1) is 23.3 Å². The van der Waals surface area contributed by atoms with Crippen LogP contribution in [0.4, 0.5) is 43.9 Å². The molecule has 0 radical (unpaired) electrons. The van der Waals surface area contributed by atoms with E-state index in [1.807, 2.05) is 0 Å². The minimum absolute atomic E-state index is 2.36. The first-order chi connectivity index (χ1) is 8.92. The fraction of sp³-hybridized carbons (Fsp3) is 0.200. The van der Waals surface area contributed by atoms with E-state index in [1.165, 1.54) is 0 Å². The third-order valence-corrected chi connectivity index (χ3v) is 2.61. The van der Waals surface area contributed by atoms with Crippen molar-refractivity contribution in [3.8, 4) is 0 Å². The first-order valence-electron chi connectivity index (χ1n) is 4.64. The molecular formula is C10F10. The quantitative estimate of drug-likeness (QED) is 0.373. The molecule has 0 unspecified atom stereocenters. The summed E-state index contributed by atoms with van der Waals surface area (Å²) in [6.45, 7) is 0. The molecule has 0 fully saturated rings. The number of rotatable bonds is 0. The van der Waals surface area contributed by atoms with Crippen molar-refractivity contribution < 1.29 is 43.9 Å². The highest BCUT2D eigenvalue weighted by molar-refractivity contribution is 5.81. The van der Waals surface area contributed by atoms with E-state index in [4.69, 9.17) is 0 Å². The summed E-state index contributed by atoms with van der Waals surface area (Å²) >= 11 is 0. The van der Waals surface area contributed by atoms with Gasteiger partial charge in [0, 0.05) is 5.56 Å². The Labute approximate surface area is 103 Å². The van der Waals surface area contributed by atoms with Crippen LogP contribution in [0.1, 0.15) is 11.1 Å². The summed E-state index contributed by atoms with van der Waals surface area (Å²) in [4.78, 5) is 0. The Morgan fingerprint density at radius 1 is 0.700 bits per heavy atom. The summed E-state index contributed by atoms with van der Waals surface area (Å²) in [7, 11) is 0. The molecule has 0 bridgehead atoms. The highest BCUT2D eigenvalue weighted by Gasteiger charge is 2.59. The van der Waals surface area contributed by atoms with Crippen molar-refractivity contribution >= 4 is 5.57 Å². The summed E-state index contributed by atoms with van der Waals surface area (Å²) in [5, 5.41) is 0. The van der Waals surface area contributed by atoms with Crippen LogP contribution in [0.3, 0.4) is 0 Å². The average Bonchev–Trinajstić information content (AvgIpc) is 2.52. The van der Waals surface area contributed by atoms with Gasteiger partial charge < -0.3 is 0 Å². The average molecular weight is 310 g/mol. The molecule has 0 saturated carbocycles. The van der Waals surface area contributed by atoms with Gasteiger partial charge in [-0.15, -0.1) is 0 Å². The maximum absolute atomic E-state index is 13.2. The van der Waals surface area contributed by atoms with Gasteiger partial charge in [0.1, 0.15) is 5.57 Å². The molecule has 0 amide bonds. The van der Waals surface area contributed by atoms with E-state index >= 15 is 0 Å². The van der Waals surface area contributed by atoms with Crippen LogP contribution in [0.2, 0.25) is 0 Å². The van der Waals surface area contributed by atoms with Gasteiger partial charge in [-0.25, -0.2) is 22.0 Å². The van der Waals surface area contributed by atoms with Crippen LogP contribution < -0.4 is 0 Å². The molecule has 0 N–H and O–H groups in total. The molecule has 0 heterocycles. The van der Waals surface area contributed by atoms with Crippen LogP contribution in [0.25, 0.3) is 5.57 Å². The molecule has 0 saturated heterocycles. The van der Waals surface area contributed by atoms with E-state index in [2.05, 4.69) is 0 Å². The van der Waals surface area contributed by atoms with Gasteiger partial charge in [-0.2, -0.15) is 22.0 Å². The van der Waals surface area contributed by atoms with Crippen LogP contribution in [-0.2, 0) is 5.92 Å². The minimum atomic E-state index is -5.85. The van der Waals surface area contributed by atoms with Crippen LogP contribution in [-0.4, -0.2) is 6.18 Å². The molecule has 1 aromatic rings. The third kappa shape index (κ3) is 1.63. The van der Waals surface area contributed by atoms with Gasteiger partial charge in [0.25, 0.3) is 0 Å². The Morgan fingerprint density at radius 2 is 1.15 bits per heavy atom. The van der Waals surface area contributed by atoms with Gasteiger partial charge in [-0.05, 0) is 0 Å². The van der Waals surface area contributed by atoms with Crippen molar-refractivity contribution in [3.05, 3.63) is 40.2 Å². The first-order valence-corrected chi connectivity index (χ1v) is 4.64. The molecular weight excluding hydrogens is 310 g/mol. The molecule has 0 aromatic heterocycles. The van der Waals surface area contributed by atoms with Gasteiger partial charge in [-0.3, -0.25) is 0 Å². The van der Waals surface area contributed by atoms with Crippen LogP contribution in [0.15, 0.2) is 5.83 Å². The number of hydrogen-bond acceptors (Lipinski definition) is 0. The summed E-state index contributed by atoms with van der Waals surface area (Å²) in [5.74, 6) is -19.5. The van der Waals surface area contributed by atoms with Gasteiger partial charge in [0.05, 0.1) is 5.56 Å². The lowest BCUT2D eigenvalue weighted by Gasteiger charge is -2.13. The van der Waals surface area contributed by atoms with Crippen molar-refractivity contribution in [1.82, 2.24) is 0 Å². The van der Waals surface area contributed by atoms with E-state index < -0.39 is 57.9 Å². The van der Waals surface area contributed by atoms with E-state index in [0.29, 0.717) is 0 Å². The molecule has 0 nitrogen and oxygen atoms in total. The number of halogens is 10. The minimum Gasteiger partial charge on any atom is -0.204 e. The molecule has 110 valence electrons. The number of benzene rings is 1. The summed E-state index contributed by atoms with van der Waals surface area (Å²) < 4.78 is 129. The van der Waals surface area contributed by atoms with E-state index in [9.17, 15) is 43.9 Å². The lowest BCUT2D eigenvalue weighted by atomic mass is 10.0. The van der Waals surface area contributed by atoms with Gasteiger partial charge in [-0.1, -0.05) is 0 Å². The van der Waals surface area contributed by atoms with Crippen molar-refractivity contribution in [1.29, 1.82) is 0 Å². The Kier molecular flexibility index (Phi) is 2.85. The highest BCUT2D eigenvalue weighted by Crippen LogP contribution is 2.56. The number of fused-ring (bicyclic) bond motifs is 1. The predicted molar refractivity (Wildman–Crippen MR) is 44.3 cm³/mol. The zero-order valence-electron chi connectivity index (χ0n) is 8.78. The smallest absolute Gasteiger partial charge is 0.204 e. The molecule has 0 spiro atoms. The van der Waals surface area contributed by atoms with E-state index in [0.717, 1.165) is 0 Å². The van der Waals surface area contributed by atoms with Gasteiger partial charge in [0.15, 0.2) is 29.1 Å². The number of hydrogen-bond donors (Lipinski definition) is 0. The lowest BCUT2D eigenvalue weighted by molar-refractivity contribution is -0.0723. The fourth-order valence-electron chi connectivity index (χ4n) is 1.80. The van der Waals surface area contributed by atoms with E-state index in [1.54, 1.807) is 0 Å². The third-order valence-electron chi connectivity index (χ3n) is 2.61. The molecule has 10 heteroatoms. The Bertz CT molecular complexity index is 637. The highest BCUT2D eigenvalue weighted by atomic mass is 19.4. The topological polar surface area (TPSA) is 0 Å². The maximum atomic E-state index is 13.2. The van der Waals surface area contributed by atoms with Crippen molar-refractivity contribution in [2.75, 3.05) is 0 Å². The van der Waals surface area contributed by atoms with E-state index in [-0.39, 0.29) is 0 Å². The Morgan fingerprint density at radius 3 is 1.60 bits per heavy atom. The summed E-state index contributed by atoms with van der Waals surface area (Å²) in [5.41, 5.74) is -7.75. The van der Waals surface area contributed by atoms with Crippen molar-refractivity contribution in [2.24, 2.45) is 0 Å². The summed E-state index contributed by atoms with van der Waals surface area (Å²) in [6, 6.07) is 0. The molecule has 1 aromatic carbocycles. The monoisotopic (exact) mass is 310 g/mol. The van der Waals surface area contributed by atoms with Crippen LogP contribution in [0.5, 0.6) is 0 Å². The van der Waals surface area contributed by atoms with Crippen molar-refractivity contribution in [3.63, 3.8) is 0 Å². The zero-order chi connectivity index (χ0) is 15.6. The Balaban J connectivity index is 3.00. The second-order valence-electron chi connectivity index (χ2n) is 3.77. The van der Waals surface area contributed by atoms with Gasteiger partial charge >= 0.3 is 12.1 Å². The molecule has 0 atom stereocenters. The molecule has 20 heavy (non-hydrogen) atoms. The maximum Gasteiger partial charge on any atom is 0.419 e. The second kappa shape index (κ2) is 3.89. The number of alkyl halides is 5. The fourth-order valence-corrected chi connectivity index (χ4v) is 1.80. The zero-order valence-corrected chi connectivity index (χ0v) is 8.78. The molecule has 1 aliphatic rings. The lowest BCUT2D eigenvalue weighted by Crippen LogP contribution is -2.16. The normalized spacial score (nSPS) is 17.7. The Hall–Kier alpha value is -1.74. The summed E-state index contributed by atoms with van der Waals surface area (Å²) in [6.07, 6.45) is -5.85. The van der Waals surface area contributed by atoms with Crippen molar-refractivity contribution in [2.45, 2.75) is 12.1 Å². The second-order valence-corrected chi connectivity index (χ2v) is 3.77. The number of allylic oxidation sites excluding steroid dienone is 2. The predicted octanol–water partition coefficient (Wildman–Crippen LogP) is 4.59.